The maximum atomic E-state index is 10.1. The van der Waals surface area contributed by atoms with Crippen molar-refractivity contribution >= 4 is 0 Å². The van der Waals surface area contributed by atoms with E-state index >= 15 is 0 Å². The van der Waals surface area contributed by atoms with Crippen LogP contribution < -0.4 is 4.74 Å². The molecule has 4 rings (SSSR count). The molecule has 0 spiro atoms. The molecule has 0 amide bonds. The summed E-state index contributed by atoms with van der Waals surface area (Å²) in [4.78, 5) is 4.50. The molecule has 1 fully saturated rings. The van der Waals surface area contributed by atoms with Gasteiger partial charge < -0.3 is 14.9 Å². The van der Waals surface area contributed by atoms with Gasteiger partial charge in [0.1, 0.15) is 0 Å². The number of aliphatic hydroxyl groups is 2. The molecule has 1 aromatic rings. The third-order valence-electron chi connectivity index (χ3n) is 7.04. The highest BCUT2D eigenvalue weighted by Gasteiger charge is 2.53. The summed E-state index contributed by atoms with van der Waals surface area (Å²) in [6, 6.07) is 6.49. The summed E-state index contributed by atoms with van der Waals surface area (Å²) in [5.41, 5.74) is 2.23. The molecule has 1 saturated carbocycles. The standard InChI is InChI=1S/C24H31NO3/c1-2-3-5-19-16-28-23-22(6-4-15-25-23)24(19,17-7-11-20(26)12-8-17)18-9-13-21(27)14-10-18/h7,11,15,18-19,21,26-27H,2-3,5,8-10,12-14,16H2,1H3. The zero-order chi connectivity index (χ0) is 19.6. The van der Waals surface area contributed by atoms with Gasteiger partial charge in [0.15, 0.2) is 0 Å². The number of hydrogen-bond acceptors (Lipinski definition) is 4. The molecular formula is C24H31NO3. The first-order valence-corrected chi connectivity index (χ1v) is 10.8. The second-order valence-corrected chi connectivity index (χ2v) is 8.58. The lowest BCUT2D eigenvalue weighted by molar-refractivity contribution is 0.0390. The summed E-state index contributed by atoms with van der Waals surface area (Å²) >= 11 is 0. The van der Waals surface area contributed by atoms with Crippen molar-refractivity contribution in [3.05, 3.63) is 47.4 Å². The molecule has 0 bridgehead atoms. The van der Waals surface area contributed by atoms with Crippen LogP contribution in [0.15, 0.2) is 29.7 Å². The van der Waals surface area contributed by atoms with Crippen LogP contribution in [-0.2, 0) is 5.41 Å². The van der Waals surface area contributed by atoms with E-state index < -0.39 is 0 Å². The average Bonchev–Trinajstić information content (AvgIpc) is 2.73. The van der Waals surface area contributed by atoms with Crippen molar-refractivity contribution in [2.75, 3.05) is 6.61 Å². The minimum absolute atomic E-state index is 0.185. The Morgan fingerprint density at radius 1 is 1.21 bits per heavy atom. The van der Waals surface area contributed by atoms with Crippen molar-refractivity contribution in [2.45, 2.75) is 76.2 Å². The summed E-state index contributed by atoms with van der Waals surface area (Å²) in [6.45, 7) is 2.91. The maximum absolute atomic E-state index is 10.1. The minimum Gasteiger partial charge on any atom is -0.512 e. The summed E-state index contributed by atoms with van der Waals surface area (Å²) < 4.78 is 6.11. The molecule has 3 aliphatic rings. The summed E-state index contributed by atoms with van der Waals surface area (Å²) in [7, 11) is 0. The molecule has 4 heteroatoms. The number of nitrogens with zero attached hydrogens (tertiary/aromatic N) is 1. The Balaban J connectivity index is 1.87. The van der Waals surface area contributed by atoms with E-state index in [9.17, 15) is 10.2 Å². The predicted octanol–water partition coefficient (Wildman–Crippen LogP) is 4.83. The number of aliphatic hydroxyl groups excluding tert-OH is 2. The third kappa shape index (κ3) is 3.31. The Kier molecular flexibility index (Phi) is 5.64. The zero-order valence-electron chi connectivity index (χ0n) is 16.8. The fraction of sp³-hybridized carbons (Fsp3) is 0.625. The van der Waals surface area contributed by atoms with Gasteiger partial charge in [0.25, 0.3) is 0 Å². The first-order valence-electron chi connectivity index (χ1n) is 10.8. The Bertz CT molecular complexity index is 748. The lowest BCUT2D eigenvalue weighted by Gasteiger charge is -2.52. The van der Waals surface area contributed by atoms with Crippen molar-refractivity contribution in [2.24, 2.45) is 11.8 Å². The number of unbranched alkanes of at least 4 members (excludes halogenated alkanes) is 1. The summed E-state index contributed by atoms with van der Waals surface area (Å²) in [5, 5.41) is 20.1. The second-order valence-electron chi connectivity index (χ2n) is 8.58. The van der Waals surface area contributed by atoms with Gasteiger partial charge in [0.05, 0.1) is 30.2 Å². The normalized spacial score (nSPS) is 32.4. The van der Waals surface area contributed by atoms with E-state index in [0.29, 0.717) is 36.5 Å². The summed E-state index contributed by atoms with van der Waals surface area (Å²) in [5.74, 6) is 1.93. The van der Waals surface area contributed by atoms with E-state index in [1.807, 2.05) is 6.08 Å². The lowest BCUT2D eigenvalue weighted by atomic mass is 9.53. The fourth-order valence-corrected chi connectivity index (χ4v) is 5.70. The van der Waals surface area contributed by atoms with Crippen molar-refractivity contribution in [1.82, 2.24) is 4.98 Å². The van der Waals surface area contributed by atoms with Crippen LogP contribution in [0.4, 0.5) is 0 Å². The SMILES string of the molecule is CCCCC1COc2ncc#cc2C1(C1=CC=C(O)CC1)C1CCC(O)CC1. The monoisotopic (exact) mass is 381 g/mol. The molecule has 2 heterocycles. The first kappa shape index (κ1) is 19.3. The highest BCUT2D eigenvalue weighted by Crippen LogP contribution is 2.57. The molecule has 28 heavy (non-hydrogen) atoms. The molecule has 2 N–H and O–H groups in total. The number of fused-ring (bicyclic) bond motifs is 1. The van der Waals surface area contributed by atoms with E-state index in [1.165, 1.54) is 12.0 Å². The Morgan fingerprint density at radius 2 is 2.04 bits per heavy atom. The molecule has 150 valence electrons. The molecular weight excluding hydrogens is 350 g/mol. The highest BCUT2D eigenvalue weighted by atomic mass is 16.5. The number of hydrogen-bond donors (Lipinski definition) is 2. The maximum Gasteiger partial charge on any atom is 0.226 e. The third-order valence-corrected chi connectivity index (χ3v) is 7.04. The van der Waals surface area contributed by atoms with Crippen molar-refractivity contribution in [3.63, 3.8) is 0 Å². The van der Waals surface area contributed by atoms with E-state index in [-0.39, 0.29) is 11.5 Å². The predicted molar refractivity (Wildman–Crippen MR) is 108 cm³/mol. The largest absolute Gasteiger partial charge is 0.512 e. The van der Waals surface area contributed by atoms with Gasteiger partial charge >= 0.3 is 0 Å². The van der Waals surface area contributed by atoms with Gasteiger partial charge in [0, 0.05) is 17.8 Å². The van der Waals surface area contributed by atoms with Gasteiger partial charge in [0.2, 0.25) is 5.88 Å². The molecule has 4 nitrogen and oxygen atoms in total. The van der Waals surface area contributed by atoms with Gasteiger partial charge in [-0.1, -0.05) is 37.5 Å². The van der Waals surface area contributed by atoms with E-state index in [4.69, 9.17) is 4.74 Å². The smallest absolute Gasteiger partial charge is 0.226 e. The highest BCUT2D eigenvalue weighted by molar-refractivity contribution is 5.46. The fourth-order valence-electron chi connectivity index (χ4n) is 5.70. The molecule has 0 radical (unpaired) electrons. The molecule has 1 aromatic heterocycles. The molecule has 1 aliphatic heterocycles. The Morgan fingerprint density at radius 3 is 2.75 bits per heavy atom. The van der Waals surface area contributed by atoms with Crippen LogP contribution in [0, 0.1) is 24.0 Å². The van der Waals surface area contributed by atoms with Gasteiger partial charge in [-0.05, 0) is 56.6 Å². The lowest BCUT2D eigenvalue weighted by Crippen LogP contribution is -2.51. The van der Waals surface area contributed by atoms with Crippen LogP contribution in [0.2, 0.25) is 0 Å². The first-order chi connectivity index (χ1) is 13.7. The number of ether oxygens (including phenoxy) is 1. The molecule has 2 unspecified atom stereocenters. The van der Waals surface area contributed by atoms with Crippen LogP contribution in [0.25, 0.3) is 0 Å². The van der Waals surface area contributed by atoms with Crippen LogP contribution in [0.3, 0.4) is 0 Å². The van der Waals surface area contributed by atoms with Crippen molar-refractivity contribution < 1.29 is 14.9 Å². The van der Waals surface area contributed by atoms with Gasteiger partial charge in [-0.15, -0.1) is 0 Å². The van der Waals surface area contributed by atoms with E-state index in [0.717, 1.165) is 50.5 Å². The van der Waals surface area contributed by atoms with E-state index in [1.54, 1.807) is 6.20 Å². The number of aromatic nitrogens is 1. The number of rotatable bonds is 5. The van der Waals surface area contributed by atoms with E-state index in [2.05, 4.69) is 30.1 Å². The zero-order valence-corrected chi connectivity index (χ0v) is 16.8. The molecule has 2 aliphatic carbocycles. The molecule has 0 aromatic carbocycles. The topological polar surface area (TPSA) is 62.6 Å². The van der Waals surface area contributed by atoms with Gasteiger partial charge in [-0.2, -0.15) is 0 Å². The van der Waals surface area contributed by atoms with Crippen molar-refractivity contribution in [3.8, 4) is 5.88 Å². The van der Waals surface area contributed by atoms with Crippen LogP contribution in [0.1, 0.15) is 70.3 Å². The minimum atomic E-state index is -0.190. The Hall–Kier alpha value is -1.99. The molecule has 2 atom stereocenters. The molecule has 0 saturated heterocycles. The van der Waals surface area contributed by atoms with Crippen LogP contribution >= 0.6 is 0 Å². The quantitative estimate of drug-likeness (QED) is 0.767. The Labute approximate surface area is 168 Å². The number of allylic oxidation sites excluding steroid dienone is 4. The second kappa shape index (κ2) is 8.17. The van der Waals surface area contributed by atoms with Crippen molar-refractivity contribution in [1.29, 1.82) is 0 Å². The van der Waals surface area contributed by atoms with Gasteiger partial charge in [-0.25, -0.2) is 4.98 Å². The summed E-state index contributed by atoms with van der Waals surface area (Å²) in [6.07, 6.45) is 14.1. The average molecular weight is 382 g/mol. The van der Waals surface area contributed by atoms with Crippen LogP contribution in [0.5, 0.6) is 5.88 Å². The van der Waals surface area contributed by atoms with Gasteiger partial charge in [-0.3, -0.25) is 0 Å². The van der Waals surface area contributed by atoms with Crippen LogP contribution in [-0.4, -0.2) is 27.9 Å².